The van der Waals surface area contributed by atoms with Gasteiger partial charge in [0.15, 0.2) is 17.6 Å². The molecule has 0 spiro atoms. The van der Waals surface area contributed by atoms with E-state index < -0.39 is 23.6 Å². The number of hydrogen-bond donors (Lipinski definition) is 2. The zero-order chi connectivity index (χ0) is 14.8. The molecule has 0 saturated heterocycles. The first-order valence-corrected chi connectivity index (χ1v) is 5.27. The van der Waals surface area contributed by atoms with Gasteiger partial charge in [0.1, 0.15) is 0 Å². The second kappa shape index (κ2) is 5.40. The van der Waals surface area contributed by atoms with Crippen LogP contribution in [0.15, 0.2) is 12.1 Å². The van der Waals surface area contributed by atoms with Gasteiger partial charge in [-0.3, -0.25) is 0 Å². The number of carbonyl (C=O) groups is 1. The van der Waals surface area contributed by atoms with E-state index in [4.69, 9.17) is 14.6 Å². The highest BCUT2D eigenvalue weighted by molar-refractivity contribution is 5.76. The van der Waals surface area contributed by atoms with Crippen molar-refractivity contribution in [3.8, 4) is 11.5 Å². The van der Waals surface area contributed by atoms with Crippen molar-refractivity contribution in [1.82, 2.24) is 0 Å². The molecule has 7 heteroatoms. The number of ether oxygens (including phenoxy) is 2. The quantitative estimate of drug-likeness (QED) is 0.859. The Morgan fingerprint density at radius 1 is 1.32 bits per heavy atom. The zero-order valence-electron chi connectivity index (χ0n) is 10.6. The van der Waals surface area contributed by atoms with Crippen molar-refractivity contribution in [2.24, 2.45) is 0 Å². The summed E-state index contributed by atoms with van der Waals surface area (Å²) in [6.07, 6.45) is -1.98. The van der Waals surface area contributed by atoms with E-state index in [1.165, 1.54) is 14.2 Å². The number of halogens is 2. The molecule has 1 atom stereocenters. The predicted octanol–water partition coefficient (Wildman–Crippen LogP) is 1.93. The van der Waals surface area contributed by atoms with Gasteiger partial charge in [-0.25, -0.2) is 13.6 Å². The maximum absolute atomic E-state index is 13.3. The highest BCUT2D eigenvalue weighted by atomic mass is 19.3. The molecule has 0 radical (unpaired) electrons. The molecule has 0 heterocycles. The number of hydrogen-bond acceptors (Lipinski definition) is 4. The molecule has 1 rings (SSSR count). The minimum absolute atomic E-state index is 0.0724. The van der Waals surface area contributed by atoms with E-state index in [2.05, 4.69) is 0 Å². The average Bonchev–Trinajstić information content (AvgIpc) is 2.34. The standard InChI is InChI=1S/C12H14F2O5/c1-12(13,14)6-4-7(9(15)11(16)17)10(19-3)8(5-6)18-2/h4-5,9,15H,1-3H3,(H,16,17). The normalized spacial score (nSPS) is 12.9. The Morgan fingerprint density at radius 2 is 1.89 bits per heavy atom. The third-order valence-electron chi connectivity index (χ3n) is 2.54. The van der Waals surface area contributed by atoms with Crippen molar-refractivity contribution in [1.29, 1.82) is 0 Å². The largest absolute Gasteiger partial charge is 0.493 e. The molecule has 0 aliphatic carbocycles. The Bertz CT molecular complexity index is 482. The van der Waals surface area contributed by atoms with Gasteiger partial charge in [-0.05, 0) is 12.1 Å². The molecule has 0 aromatic heterocycles. The van der Waals surface area contributed by atoms with Gasteiger partial charge >= 0.3 is 5.97 Å². The molecular formula is C12H14F2O5. The third-order valence-corrected chi connectivity index (χ3v) is 2.54. The van der Waals surface area contributed by atoms with Gasteiger partial charge in [0.2, 0.25) is 0 Å². The van der Waals surface area contributed by atoms with E-state index >= 15 is 0 Å². The van der Waals surface area contributed by atoms with Gasteiger partial charge in [-0.2, -0.15) is 0 Å². The Kier molecular flexibility index (Phi) is 4.31. The van der Waals surface area contributed by atoms with E-state index in [0.29, 0.717) is 6.92 Å². The van der Waals surface area contributed by atoms with E-state index in [0.717, 1.165) is 12.1 Å². The number of aliphatic hydroxyl groups is 1. The van der Waals surface area contributed by atoms with Crippen molar-refractivity contribution < 1.29 is 33.3 Å². The number of aliphatic hydroxyl groups excluding tert-OH is 1. The van der Waals surface area contributed by atoms with Crippen LogP contribution in [0.4, 0.5) is 8.78 Å². The molecule has 1 unspecified atom stereocenters. The molecule has 106 valence electrons. The summed E-state index contributed by atoms with van der Waals surface area (Å²) in [4.78, 5) is 10.8. The van der Waals surface area contributed by atoms with Crippen LogP contribution >= 0.6 is 0 Å². The molecule has 0 fully saturated rings. The summed E-state index contributed by atoms with van der Waals surface area (Å²) in [5.74, 6) is -4.94. The van der Waals surface area contributed by atoms with Crippen molar-refractivity contribution in [2.45, 2.75) is 19.0 Å². The number of carboxylic acids is 1. The molecule has 19 heavy (non-hydrogen) atoms. The van der Waals surface area contributed by atoms with Crippen LogP contribution < -0.4 is 9.47 Å². The molecular weight excluding hydrogens is 262 g/mol. The number of methoxy groups -OCH3 is 2. The predicted molar refractivity (Wildman–Crippen MR) is 61.7 cm³/mol. The maximum Gasteiger partial charge on any atom is 0.337 e. The molecule has 0 aliphatic heterocycles. The summed E-state index contributed by atoms with van der Waals surface area (Å²) in [5, 5.41) is 18.3. The van der Waals surface area contributed by atoms with Gasteiger partial charge in [-0.1, -0.05) is 0 Å². The summed E-state index contributed by atoms with van der Waals surface area (Å²) in [6.45, 7) is 0.658. The Morgan fingerprint density at radius 3 is 2.26 bits per heavy atom. The van der Waals surface area contributed by atoms with Gasteiger partial charge in [0.05, 0.1) is 14.2 Å². The highest BCUT2D eigenvalue weighted by Crippen LogP contribution is 2.40. The first-order valence-electron chi connectivity index (χ1n) is 5.27. The van der Waals surface area contributed by atoms with Crippen LogP contribution in [0.5, 0.6) is 11.5 Å². The lowest BCUT2D eigenvalue weighted by atomic mass is 10.0. The SMILES string of the molecule is COc1cc(C(C)(F)F)cc(C(O)C(=O)O)c1OC. The lowest BCUT2D eigenvalue weighted by Gasteiger charge is -2.19. The minimum atomic E-state index is -3.20. The monoisotopic (exact) mass is 276 g/mol. The summed E-state index contributed by atoms with van der Waals surface area (Å²) in [7, 11) is 2.45. The molecule has 0 bridgehead atoms. The summed E-state index contributed by atoms with van der Waals surface area (Å²) in [5.41, 5.74) is -0.758. The zero-order valence-corrected chi connectivity index (χ0v) is 10.6. The second-order valence-electron chi connectivity index (χ2n) is 3.93. The number of carboxylic acid groups (broad SMARTS) is 1. The highest BCUT2D eigenvalue weighted by Gasteiger charge is 2.31. The molecule has 1 aromatic rings. The smallest absolute Gasteiger partial charge is 0.337 e. The van der Waals surface area contributed by atoms with E-state index in [-0.39, 0.29) is 17.1 Å². The van der Waals surface area contributed by atoms with Gasteiger partial charge in [0.25, 0.3) is 5.92 Å². The maximum atomic E-state index is 13.3. The first-order chi connectivity index (χ1) is 8.72. The third kappa shape index (κ3) is 3.11. The fourth-order valence-corrected chi connectivity index (χ4v) is 1.58. The molecule has 0 aliphatic rings. The summed E-state index contributed by atoms with van der Waals surface area (Å²) in [6, 6.07) is 1.93. The van der Waals surface area contributed by atoms with Gasteiger partial charge in [0, 0.05) is 18.1 Å². The van der Waals surface area contributed by atoms with Crippen LogP contribution in [0.3, 0.4) is 0 Å². The summed E-state index contributed by atoms with van der Waals surface area (Å²) < 4.78 is 36.4. The Balaban J connectivity index is 3.53. The first kappa shape index (κ1) is 15.2. The number of benzene rings is 1. The van der Waals surface area contributed by atoms with Crippen LogP contribution in [0.1, 0.15) is 24.2 Å². The summed E-state index contributed by atoms with van der Waals surface area (Å²) >= 11 is 0. The molecule has 2 N–H and O–H groups in total. The van der Waals surface area contributed by atoms with Crippen LogP contribution in [0.2, 0.25) is 0 Å². The van der Waals surface area contributed by atoms with Crippen molar-refractivity contribution in [3.05, 3.63) is 23.3 Å². The van der Waals surface area contributed by atoms with Crippen molar-refractivity contribution >= 4 is 5.97 Å². The van der Waals surface area contributed by atoms with Crippen LogP contribution in [0, 0.1) is 0 Å². The van der Waals surface area contributed by atoms with E-state index in [9.17, 15) is 18.7 Å². The molecule has 0 saturated carbocycles. The van der Waals surface area contributed by atoms with Crippen LogP contribution in [-0.2, 0) is 10.7 Å². The molecule has 0 amide bonds. The lowest BCUT2D eigenvalue weighted by Crippen LogP contribution is -2.15. The number of alkyl halides is 2. The second-order valence-corrected chi connectivity index (χ2v) is 3.93. The van der Waals surface area contributed by atoms with Crippen LogP contribution in [-0.4, -0.2) is 30.4 Å². The van der Waals surface area contributed by atoms with Crippen LogP contribution in [0.25, 0.3) is 0 Å². The Hall–Kier alpha value is -1.89. The van der Waals surface area contributed by atoms with E-state index in [1.54, 1.807) is 0 Å². The average molecular weight is 276 g/mol. The molecule has 1 aromatic carbocycles. The topological polar surface area (TPSA) is 76.0 Å². The fraction of sp³-hybridized carbons (Fsp3) is 0.417. The minimum Gasteiger partial charge on any atom is -0.493 e. The number of aliphatic carboxylic acids is 1. The van der Waals surface area contributed by atoms with E-state index in [1.807, 2.05) is 0 Å². The van der Waals surface area contributed by atoms with Gasteiger partial charge in [-0.15, -0.1) is 0 Å². The van der Waals surface area contributed by atoms with Gasteiger partial charge < -0.3 is 19.7 Å². The van der Waals surface area contributed by atoms with Crippen molar-refractivity contribution in [3.63, 3.8) is 0 Å². The number of rotatable bonds is 5. The molecule has 5 nitrogen and oxygen atoms in total. The van der Waals surface area contributed by atoms with Crippen molar-refractivity contribution in [2.75, 3.05) is 14.2 Å². The fourth-order valence-electron chi connectivity index (χ4n) is 1.58. The Labute approximate surface area is 108 Å². The lowest BCUT2D eigenvalue weighted by molar-refractivity contribution is -0.147.